The summed E-state index contributed by atoms with van der Waals surface area (Å²) in [5, 5.41) is 14.0. The van der Waals surface area contributed by atoms with Crippen molar-refractivity contribution in [3.63, 3.8) is 0 Å². The van der Waals surface area contributed by atoms with Crippen molar-refractivity contribution >= 4 is 18.4 Å². The molecule has 3 rings (SSSR count). The molecule has 1 aliphatic rings. The highest BCUT2D eigenvalue weighted by Crippen LogP contribution is 2.31. The van der Waals surface area contributed by atoms with Crippen LogP contribution in [0.5, 0.6) is 5.75 Å². The van der Waals surface area contributed by atoms with Crippen LogP contribution in [0.25, 0.3) is 0 Å². The molecular formula is C19H25ClFN3O3. The maximum Gasteiger partial charge on any atom is 0.348 e. The molecule has 0 aliphatic carbocycles. The maximum atomic E-state index is 14.0. The van der Waals surface area contributed by atoms with Gasteiger partial charge >= 0.3 is 5.97 Å². The molecule has 1 fully saturated rings. The Kier molecular flexibility index (Phi) is 6.84. The molecule has 148 valence electrons. The largest absolute Gasteiger partial charge is 0.478 e. The predicted octanol–water partition coefficient (Wildman–Crippen LogP) is 3.27. The van der Waals surface area contributed by atoms with Crippen molar-refractivity contribution < 1.29 is 19.0 Å². The molecule has 0 radical (unpaired) electrons. The van der Waals surface area contributed by atoms with Gasteiger partial charge in [0.1, 0.15) is 0 Å². The van der Waals surface area contributed by atoms with Gasteiger partial charge in [-0.3, -0.25) is 9.58 Å². The van der Waals surface area contributed by atoms with E-state index in [9.17, 15) is 14.3 Å². The second-order valence-corrected chi connectivity index (χ2v) is 6.82. The average molecular weight is 398 g/mol. The standard InChI is InChI=1S/C19H24FN3O3.ClH/c1-3-23-13-15(11-21-23)12-22-8-6-19(7-9-22,18(24)25)26-17-10-14(2)4-5-16(17)20;/h4-5,10-11,13H,3,6-9,12H2,1-2H3,(H,24,25);1H. The monoisotopic (exact) mass is 397 g/mol. The first-order valence-electron chi connectivity index (χ1n) is 8.84. The van der Waals surface area contributed by atoms with Crippen LogP contribution >= 0.6 is 12.4 Å². The smallest absolute Gasteiger partial charge is 0.348 e. The van der Waals surface area contributed by atoms with Crippen LogP contribution in [0.3, 0.4) is 0 Å². The van der Waals surface area contributed by atoms with Crippen LogP contribution in [-0.2, 0) is 17.9 Å². The topological polar surface area (TPSA) is 67.6 Å². The molecule has 0 saturated carbocycles. The molecule has 0 amide bonds. The van der Waals surface area contributed by atoms with Gasteiger partial charge in [-0.1, -0.05) is 6.07 Å². The Balaban J connectivity index is 0.00000261. The van der Waals surface area contributed by atoms with E-state index in [4.69, 9.17) is 4.74 Å². The van der Waals surface area contributed by atoms with Crippen LogP contribution in [0.15, 0.2) is 30.6 Å². The predicted molar refractivity (Wildman–Crippen MR) is 102 cm³/mol. The first-order valence-corrected chi connectivity index (χ1v) is 8.84. The van der Waals surface area contributed by atoms with E-state index in [2.05, 4.69) is 10.00 Å². The summed E-state index contributed by atoms with van der Waals surface area (Å²) in [5.41, 5.74) is 0.534. The normalized spacial score (nSPS) is 16.6. The van der Waals surface area contributed by atoms with Crippen molar-refractivity contribution in [2.24, 2.45) is 0 Å². The summed E-state index contributed by atoms with van der Waals surface area (Å²) in [6, 6.07) is 4.49. The van der Waals surface area contributed by atoms with Crippen LogP contribution in [0, 0.1) is 12.7 Å². The van der Waals surface area contributed by atoms with Gasteiger partial charge in [0.05, 0.1) is 6.20 Å². The van der Waals surface area contributed by atoms with E-state index < -0.39 is 17.4 Å². The van der Waals surface area contributed by atoms with Gasteiger partial charge < -0.3 is 9.84 Å². The van der Waals surface area contributed by atoms with Crippen molar-refractivity contribution in [3.05, 3.63) is 47.5 Å². The minimum Gasteiger partial charge on any atom is -0.478 e. The number of aliphatic carboxylic acids is 1. The molecule has 1 N–H and O–H groups in total. The number of halogens is 2. The molecule has 2 heterocycles. The molecule has 1 aromatic heterocycles. The van der Waals surface area contributed by atoms with Crippen molar-refractivity contribution in [1.29, 1.82) is 0 Å². The summed E-state index contributed by atoms with van der Waals surface area (Å²) in [4.78, 5) is 14.1. The van der Waals surface area contributed by atoms with Crippen molar-refractivity contribution in [1.82, 2.24) is 14.7 Å². The van der Waals surface area contributed by atoms with Crippen LogP contribution in [0.2, 0.25) is 0 Å². The third-order valence-corrected chi connectivity index (χ3v) is 4.86. The highest BCUT2D eigenvalue weighted by molar-refractivity contribution is 5.85. The number of rotatable bonds is 6. The zero-order valence-electron chi connectivity index (χ0n) is 15.5. The summed E-state index contributed by atoms with van der Waals surface area (Å²) in [6.45, 7) is 6.51. The van der Waals surface area contributed by atoms with Gasteiger partial charge in [0.2, 0.25) is 5.60 Å². The minimum atomic E-state index is -1.39. The van der Waals surface area contributed by atoms with E-state index >= 15 is 0 Å². The average Bonchev–Trinajstić information content (AvgIpc) is 3.07. The van der Waals surface area contributed by atoms with E-state index in [0.29, 0.717) is 32.5 Å². The van der Waals surface area contributed by atoms with E-state index in [1.807, 2.05) is 30.9 Å². The fourth-order valence-corrected chi connectivity index (χ4v) is 3.25. The molecule has 8 heteroatoms. The van der Waals surface area contributed by atoms with E-state index in [0.717, 1.165) is 17.7 Å². The number of benzene rings is 1. The number of nitrogens with zero attached hydrogens (tertiary/aromatic N) is 3. The zero-order valence-corrected chi connectivity index (χ0v) is 16.3. The summed E-state index contributed by atoms with van der Waals surface area (Å²) in [7, 11) is 0. The Morgan fingerprint density at radius 1 is 1.37 bits per heavy atom. The Bertz CT molecular complexity index is 788. The van der Waals surface area contributed by atoms with Crippen LogP contribution in [-0.4, -0.2) is 44.4 Å². The van der Waals surface area contributed by atoms with Crippen molar-refractivity contribution in [3.8, 4) is 5.75 Å². The van der Waals surface area contributed by atoms with Gasteiger partial charge in [-0.15, -0.1) is 12.4 Å². The summed E-state index contributed by atoms with van der Waals surface area (Å²) in [6.07, 6.45) is 4.44. The van der Waals surface area contributed by atoms with Crippen LogP contribution in [0.4, 0.5) is 4.39 Å². The van der Waals surface area contributed by atoms with Gasteiger partial charge in [0.15, 0.2) is 11.6 Å². The Hall–Kier alpha value is -2.12. The van der Waals surface area contributed by atoms with Crippen molar-refractivity contribution in [2.45, 2.75) is 45.4 Å². The molecule has 0 spiro atoms. The molecule has 0 bridgehead atoms. The lowest BCUT2D eigenvalue weighted by Crippen LogP contribution is -2.53. The number of carboxylic acid groups (broad SMARTS) is 1. The Morgan fingerprint density at radius 2 is 2.07 bits per heavy atom. The zero-order chi connectivity index (χ0) is 18.7. The van der Waals surface area contributed by atoms with E-state index in [-0.39, 0.29) is 18.2 Å². The molecule has 1 saturated heterocycles. The Morgan fingerprint density at radius 3 is 2.67 bits per heavy atom. The summed E-state index contributed by atoms with van der Waals surface area (Å²) >= 11 is 0. The lowest BCUT2D eigenvalue weighted by molar-refractivity contribution is -0.160. The first-order chi connectivity index (χ1) is 12.4. The number of ether oxygens (including phenoxy) is 1. The number of piperidine rings is 1. The number of carboxylic acids is 1. The van der Waals surface area contributed by atoms with Gasteiger partial charge in [-0.25, -0.2) is 9.18 Å². The number of aryl methyl sites for hydroxylation is 2. The fraction of sp³-hybridized carbons (Fsp3) is 0.474. The molecule has 0 atom stereocenters. The van der Waals surface area contributed by atoms with Gasteiger partial charge in [-0.2, -0.15) is 5.10 Å². The number of aromatic nitrogens is 2. The quantitative estimate of drug-likeness (QED) is 0.810. The highest BCUT2D eigenvalue weighted by atomic mass is 35.5. The lowest BCUT2D eigenvalue weighted by atomic mass is 9.90. The fourth-order valence-electron chi connectivity index (χ4n) is 3.25. The molecule has 1 aromatic carbocycles. The SMILES string of the molecule is CCn1cc(CN2CCC(Oc3cc(C)ccc3F)(C(=O)O)CC2)cn1.Cl. The number of likely N-dealkylation sites (tertiary alicyclic amines) is 1. The second kappa shape index (κ2) is 8.71. The third kappa shape index (κ3) is 4.78. The second-order valence-electron chi connectivity index (χ2n) is 6.82. The summed E-state index contributed by atoms with van der Waals surface area (Å²) in [5.74, 6) is -1.58. The molecular weight excluding hydrogens is 373 g/mol. The number of carbonyl (C=O) groups is 1. The molecule has 1 aliphatic heterocycles. The van der Waals surface area contributed by atoms with Gasteiger partial charge in [0, 0.05) is 50.8 Å². The summed E-state index contributed by atoms with van der Waals surface area (Å²) < 4.78 is 21.6. The lowest BCUT2D eigenvalue weighted by Gasteiger charge is -2.38. The maximum absolute atomic E-state index is 14.0. The van der Waals surface area contributed by atoms with Crippen LogP contribution in [0.1, 0.15) is 30.9 Å². The molecule has 2 aromatic rings. The highest BCUT2D eigenvalue weighted by Gasteiger charge is 2.44. The Labute approximate surface area is 164 Å². The molecule has 27 heavy (non-hydrogen) atoms. The van der Waals surface area contributed by atoms with Crippen LogP contribution < -0.4 is 4.74 Å². The minimum absolute atomic E-state index is 0. The van der Waals surface area contributed by atoms with E-state index in [1.54, 1.807) is 12.1 Å². The molecule has 6 nitrogen and oxygen atoms in total. The van der Waals surface area contributed by atoms with Crippen molar-refractivity contribution in [2.75, 3.05) is 13.1 Å². The van der Waals surface area contributed by atoms with Gasteiger partial charge in [0.25, 0.3) is 0 Å². The number of hydrogen-bond acceptors (Lipinski definition) is 4. The third-order valence-electron chi connectivity index (χ3n) is 4.86. The van der Waals surface area contributed by atoms with E-state index in [1.165, 1.54) is 6.07 Å². The first kappa shape index (κ1) is 21.2. The van der Waals surface area contributed by atoms with Gasteiger partial charge in [-0.05, 0) is 31.5 Å². The molecule has 0 unspecified atom stereocenters. The number of hydrogen-bond donors (Lipinski definition) is 1.